The molecule has 0 saturated carbocycles. The van der Waals surface area contributed by atoms with E-state index in [4.69, 9.17) is 39.5 Å². The fourth-order valence-electron chi connectivity index (χ4n) is 3.05. The maximum atomic E-state index is 6.37. The summed E-state index contributed by atoms with van der Waals surface area (Å²) in [5.74, 6) is 0.857. The molecular weight excluding hydrogens is 353 g/mol. The van der Waals surface area contributed by atoms with Crippen molar-refractivity contribution in [1.82, 2.24) is 4.90 Å². The van der Waals surface area contributed by atoms with E-state index in [1.54, 1.807) is 12.1 Å². The minimum atomic E-state index is 0.0372. The molecule has 1 aliphatic rings. The highest BCUT2D eigenvalue weighted by atomic mass is 35.5. The van der Waals surface area contributed by atoms with E-state index < -0.39 is 0 Å². The zero-order valence-electron chi connectivity index (χ0n) is 13.1. The molecule has 1 aliphatic heterocycles. The van der Waals surface area contributed by atoms with Crippen molar-refractivity contribution in [2.75, 3.05) is 13.1 Å². The molecule has 0 aromatic heterocycles. The van der Waals surface area contributed by atoms with Gasteiger partial charge < -0.3 is 4.74 Å². The molecule has 0 fully saturated rings. The van der Waals surface area contributed by atoms with Gasteiger partial charge in [0.2, 0.25) is 0 Å². The van der Waals surface area contributed by atoms with Crippen LogP contribution in [0.1, 0.15) is 19.4 Å². The molecule has 5 heteroatoms. The van der Waals surface area contributed by atoms with Gasteiger partial charge in [0.15, 0.2) is 6.23 Å². The van der Waals surface area contributed by atoms with Crippen LogP contribution in [0.2, 0.25) is 15.1 Å². The number of ether oxygens (including phenoxy) is 1. The second-order valence-electron chi connectivity index (χ2n) is 5.56. The van der Waals surface area contributed by atoms with E-state index in [1.165, 1.54) is 0 Å². The van der Waals surface area contributed by atoms with Gasteiger partial charge in [-0.2, -0.15) is 0 Å². The highest BCUT2D eigenvalue weighted by molar-refractivity contribution is 6.35. The van der Waals surface area contributed by atoms with Crippen molar-refractivity contribution in [2.24, 2.45) is 0 Å². The Morgan fingerprint density at radius 3 is 2.39 bits per heavy atom. The predicted octanol–water partition coefficient (Wildman–Crippen LogP) is 5.92. The molecule has 1 heterocycles. The molecule has 0 spiro atoms. The molecule has 0 N–H and O–H groups in total. The fraction of sp³-hybridized carbons (Fsp3) is 0.333. The second kappa shape index (κ2) is 6.90. The molecule has 0 radical (unpaired) electrons. The van der Waals surface area contributed by atoms with Gasteiger partial charge in [0, 0.05) is 38.2 Å². The van der Waals surface area contributed by atoms with E-state index in [9.17, 15) is 0 Å². The molecule has 3 rings (SSSR count). The zero-order chi connectivity index (χ0) is 16.6. The standard InChI is InChI=1S/C18H18Cl3NO/c1-3-22(4-2)17-8-11-7-13(20)10-15(18(11)23-17)14-9-12(19)5-6-16(14)21/h5-7,9-10,17H,3-4,8H2,1-2H3. The molecule has 1 unspecified atom stereocenters. The van der Waals surface area contributed by atoms with Gasteiger partial charge in [0.05, 0.1) is 0 Å². The Balaban J connectivity index is 2.07. The summed E-state index contributed by atoms with van der Waals surface area (Å²) in [5.41, 5.74) is 2.85. The first-order valence-electron chi connectivity index (χ1n) is 7.72. The molecular formula is C18H18Cl3NO. The number of benzene rings is 2. The Labute approximate surface area is 151 Å². The lowest BCUT2D eigenvalue weighted by molar-refractivity contribution is 0.0518. The number of likely N-dealkylation sites (N-methyl/N-ethyl adjacent to an activating group) is 1. The van der Waals surface area contributed by atoms with Gasteiger partial charge in [-0.15, -0.1) is 0 Å². The Hall–Kier alpha value is -0.930. The van der Waals surface area contributed by atoms with Crippen LogP contribution in [0.25, 0.3) is 11.1 Å². The van der Waals surface area contributed by atoms with Crippen molar-refractivity contribution in [3.63, 3.8) is 0 Å². The Morgan fingerprint density at radius 1 is 1.00 bits per heavy atom. The first kappa shape index (κ1) is 16.9. The lowest BCUT2D eigenvalue weighted by Gasteiger charge is -2.25. The summed E-state index contributed by atoms with van der Waals surface area (Å²) in [4.78, 5) is 2.29. The Morgan fingerprint density at radius 2 is 1.70 bits per heavy atom. The van der Waals surface area contributed by atoms with Gasteiger partial charge in [0.25, 0.3) is 0 Å². The molecule has 0 saturated heterocycles. The van der Waals surface area contributed by atoms with E-state index >= 15 is 0 Å². The monoisotopic (exact) mass is 369 g/mol. The summed E-state index contributed by atoms with van der Waals surface area (Å²) in [6.07, 6.45) is 0.859. The molecule has 2 aromatic carbocycles. The zero-order valence-corrected chi connectivity index (χ0v) is 15.3. The van der Waals surface area contributed by atoms with Crippen molar-refractivity contribution in [3.8, 4) is 16.9 Å². The van der Waals surface area contributed by atoms with Crippen LogP contribution in [0.3, 0.4) is 0 Å². The minimum Gasteiger partial charge on any atom is -0.474 e. The minimum absolute atomic E-state index is 0.0372. The quantitative estimate of drug-likeness (QED) is 0.662. The lowest BCUT2D eigenvalue weighted by Crippen LogP contribution is -2.38. The normalized spacial score (nSPS) is 16.5. The highest BCUT2D eigenvalue weighted by Crippen LogP contribution is 2.44. The number of fused-ring (bicyclic) bond motifs is 1. The van der Waals surface area contributed by atoms with Crippen LogP contribution in [0, 0.1) is 0 Å². The van der Waals surface area contributed by atoms with Crippen molar-refractivity contribution in [2.45, 2.75) is 26.5 Å². The van der Waals surface area contributed by atoms with Crippen molar-refractivity contribution in [1.29, 1.82) is 0 Å². The molecule has 0 aliphatic carbocycles. The fourth-order valence-corrected chi connectivity index (χ4v) is 3.68. The summed E-state index contributed by atoms with van der Waals surface area (Å²) in [5, 5.41) is 1.95. The third-order valence-electron chi connectivity index (χ3n) is 4.22. The van der Waals surface area contributed by atoms with Crippen LogP contribution in [0.15, 0.2) is 30.3 Å². The van der Waals surface area contributed by atoms with Gasteiger partial charge in [-0.25, -0.2) is 0 Å². The maximum absolute atomic E-state index is 6.37. The van der Waals surface area contributed by atoms with Crippen LogP contribution in [-0.4, -0.2) is 24.2 Å². The lowest BCUT2D eigenvalue weighted by atomic mass is 10.0. The number of nitrogens with zero attached hydrogens (tertiary/aromatic N) is 1. The van der Waals surface area contributed by atoms with E-state index in [0.717, 1.165) is 42.0 Å². The molecule has 122 valence electrons. The molecule has 2 aromatic rings. The predicted molar refractivity (Wildman–Crippen MR) is 97.9 cm³/mol. The van der Waals surface area contributed by atoms with Crippen molar-refractivity contribution in [3.05, 3.63) is 51.0 Å². The SMILES string of the molecule is CCN(CC)C1Cc2cc(Cl)cc(-c3cc(Cl)ccc3Cl)c2O1. The third kappa shape index (κ3) is 3.32. The van der Waals surface area contributed by atoms with E-state index in [2.05, 4.69) is 18.7 Å². The van der Waals surface area contributed by atoms with E-state index in [1.807, 2.05) is 18.2 Å². The van der Waals surface area contributed by atoms with Crippen molar-refractivity contribution >= 4 is 34.8 Å². The van der Waals surface area contributed by atoms with Gasteiger partial charge in [-0.3, -0.25) is 4.90 Å². The summed E-state index contributed by atoms with van der Waals surface area (Å²) in [7, 11) is 0. The van der Waals surface area contributed by atoms with Gasteiger partial charge in [-0.05, 0) is 43.4 Å². The number of hydrogen-bond acceptors (Lipinski definition) is 2. The molecule has 0 bridgehead atoms. The average Bonchev–Trinajstić information content (AvgIpc) is 2.93. The van der Waals surface area contributed by atoms with Gasteiger partial charge >= 0.3 is 0 Å². The Bertz CT molecular complexity index is 728. The van der Waals surface area contributed by atoms with Crippen LogP contribution in [0.5, 0.6) is 5.75 Å². The smallest absolute Gasteiger partial charge is 0.156 e. The number of halogens is 3. The highest BCUT2D eigenvalue weighted by Gasteiger charge is 2.30. The van der Waals surface area contributed by atoms with Gasteiger partial charge in [0.1, 0.15) is 5.75 Å². The Kier molecular flexibility index (Phi) is 5.07. The van der Waals surface area contributed by atoms with E-state index in [0.29, 0.717) is 15.1 Å². The molecule has 2 nitrogen and oxygen atoms in total. The largest absolute Gasteiger partial charge is 0.474 e. The van der Waals surface area contributed by atoms with Crippen molar-refractivity contribution < 1.29 is 4.74 Å². The summed E-state index contributed by atoms with van der Waals surface area (Å²) in [6.45, 7) is 6.15. The van der Waals surface area contributed by atoms with E-state index in [-0.39, 0.29) is 6.23 Å². The second-order valence-corrected chi connectivity index (χ2v) is 6.84. The average molecular weight is 371 g/mol. The number of rotatable bonds is 4. The first-order chi connectivity index (χ1) is 11.0. The molecule has 23 heavy (non-hydrogen) atoms. The van der Waals surface area contributed by atoms with Crippen LogP contribution < -0.4 is 4.74 Å². The third-order valence-corrected chi connectivity index (χ3v) is 5.00. The van der Waals surface area contributed by atoms with Crippen LogP contribution >= 0.6 is 34.8 Å². The molecule has 1 atom stereocenters. The topological polar surface area (TPSA) is 12.5 Å². The molecule has 0 amide bonds. The number of hydrogen-bond donors (Lipinski definition) is 0. The first-order valence-corrected chi connectivity index (χ1v) is 8.85. The van der Waals surface area contributed by atoms with Crippen LogP contribution in [-0.2, 0) is 6.42 Å². The summed E-state index contributed by atoms with van der Waals surface area (Å²) in [6, 6.07) is 9.29. The van der Waals surface area contributed by atoms with Crippen LogP contribution in [0.4, 0.5) is 0 Å². The van der Waals surface area contributed by atoms with Gasteiger partial charge in [-0.1, -0.05) is 48.7 Å². The summed E-state index contributed by atoms with van der Waals surface area (Å²) < 4.78 is 6.25. The maximum Gasteiger partial charge on any atom is 0.156 e. The summed E-state index contributed by atoms with van der Waals surface area (Å²) >= 11 is 18.8.